The number of nitrogens with zero attached hydrogens (tertiary/aromatic N) is 3. The Morgan fingerprint density at radius 1 is 1.19 bits per heavy atom. The number of thiophene rings is 1. The molecule has 5 rings (SSSR count). The number of hydrogen-bond acceptors (Lipinski definition) is 7. The summed E-state index contributed by atoms with van der Waals surface area (Å²) in [7, 11) is 0. The zero-order valence-electron chi connectivity index (χ0n) is 20.5. The highest BCUT2D eigenvalue weighted by Crippen LogP contribution is 2.50. The fraction of sp³-hybridized carbons (Fsp3) is 0.500. The predicted octanol–water partition coefficient (Wildman–Crippen LogP) is 6.22. The number of fused-ring (bicyclic) bond motifs is 1. The van der Waals surface area contributed by atoms with Crippen molar-refractivity contribution in [1.29, 1.82) is 0 Å². The molecule has 10 heteroatoms. The number of alkyl halides is 3. The van der Waals surface area contributed by atoms with Crippen molar-refractivity contribution >= 4 is 39.0 Å². The monoisotopic (exact) mass is 518 g/mol. The third-order valence-electron chi connectivity index (χ3n) is 6.72. The Morgan fingerprint density at radius 3 is 2.58 bits per heavy atom. The molecule has 3 heterocycles. The average molecular weight is 519 g/mol. The quantitative estimate of drug-likeness (QED) is 0.405. The molecule has 1 saturated carbocycles. The van der Waals surface area contributed by atoms with Gasteiger partial charge in [0.2, 0.25) is 0 Å². The average Bonchev–Trinajstić information content (AvgIpc) is 3.35. The number of benzene rings is 1. The molecule has 0 bridgehead atoms. The molecule has 0 atom stereocenters. The van der Waals surface area contributed by atoms with E-state index in [2.05, 4.69) is 20.2 Å². The van der Waals surface area contributed by atoms with Gasteiger partial charge in [-0.3, -0.25) is 0 Å². The van der Waals surface area contributed by atoms with E-state index >= 15 is 0 Å². The lowest BCUT2D eigenvalue weighted by Gasteiger charge is -2.46. The van der Waals surface area contributed by atoms with Crippen LogP contribution in [0.5, 0.6) is 0 Å². The van der Waals surface area contributed by atoms with Crippen LogP contribution in [0.1, 0.15) is 55.3 Å². The van der Waals surface area contributed by atoms with Gasteiger partial charge in [-0.2, -0.15) is 13.2 Å². The van der Waals surface area contributed by atoms with E-state index in [1.54, 1.807) is 18.2 Å². The molecule has 0 amide bonds. The van der Waals surface area contributed by atoms with Crippen LogP contribution in [-0.2, 0) is 11.2 Å². The molecular weight excluding hydrogens is 489 g/mol. The van der Waals surface area contributed by atoms with Gasteiger partial charge in [-0.05, 0) is 75.8 Å². The SMILES string of the molecule is CC(C)(C)OC(=O)c1ccc(NC2CC3(CCN(c4ncnc5sc(CC(F)(F)F)cc45)C3)C2)cc1. The summed E-state index contributed by atoms with van der Waals surface area (Å²) in [4.78, 5) is 23.9. The Bertz CT molecular complexity index is 1260. The van der Waals surface area contributed by atoms with E-state index in [1.807, 2.05) is 32.9 Å². The predicted molar refractivity (Wildman–Crippen MR) is 135 cm³/mol. The van der Waals surface area contributed by atoms with Crippen LogP contribution in [-0.4, -0.2) is 46.8 Å². The van der Waals surface area contributed by atoms with Crippen molar-refractivity contribution in [3.05, 3.63) is 47.1 Å². The van der Waals surface area contributed by atoms with Crippen molar-refractivity contribution in [1.82, 2.24) is 9.97 Å². The van der Waals surface area contributed by atoms with Gasteiger partial charge in [0.15, 0.2) is 0 Å². The summed E-state index contributed by atoms with van der Waals surface area (Å²) in [5.41, 5.74) is 1.13. The molecule has 6 nitrogen and oxygen atoms in total. The van der Waals surface area contributed by atoms with E-state index in [4.69, 9.17) is 4.74 Å². The lowest BCUT2D eigenvalue weighted by atomic mass is 9.65. The van der Waals surface area contributed by atoms with Gasteiger partial charge in [0.25, 0.3) is 0 Å². The summed E-state index contributed by atoms with van der Waals surface area (Å²) in [5, 5.41) is 4.26. The number of halogens is 3. The van der Waals surface area contributed by atoms with Gasteiger partial charge in [0.1, 0.15) is 22.6 Å². The number of esters is 1. The van der Waals surface area contributed by atoms with Gasteiger partial charge >= 0.3 is 12.1 Å². The number of rotatable bonds is 5. The zero-order chi connectivity index (χ0) is 25.7. The van der Waals surface area contributed by atoms with Crippen molar-refractivity contribution in [2.24, 2.45) is 5.41 Å². The van der Waals surface area contributed by atoms with Crippen molar-refractivity contribution in [3.63, 3.8) is 0 Å². The minimum absolute atomic E-state index is 0.177. The molecule has 1 spiro atoms. The molecule has 192 valence electrons. The second-order valence-electron chi connectivity index (χ2n) is 10.9. The second kappa shape index (κ2) is 8.90. The highest BCUT2D eigenvalue weighted by Gasteiger charge is 2.49. The van der Waals surface area contributed by atoms with Crippen LogP contribution < -0.4 is 10.2 Å². The molecule has 1 aromatic carbocycles. The van der Waals surface area contributed by atoms with Gasteiger partial charge in [-0.15, -0.1) is 11.3 Å². The van der Waals surface area contributed by atoms with E-state index in [1.165, 1.54) is 6.33 Å². The summed E-state index contributed by atoms with van der Waals surface area (Å²) in [5.74, 6) is 0.397. The van der Waals surface area contributed by atoms with E-state index in [0.717, 1.165) is 55.2 Å². The van der Waals surface area contributed by atoms with E-state index in [0.29, 0.717) is 21.8 Å². The number of carbonyl (C=O) groups is 1. The Balaban J connectivity index is 1.19. The number of carbonyl (C=O) groups excluding carboxylic acids is 1. The summed E-state index contributed by atoms with van der Waals surface area (Å²) < 4.78 is 44.0. The smallest absolute Gasteiger partial charge is 0.393 e. The van der Waals surface area contributed by atoms with Gasteiger partial charge in [0.05, 0.1) is 17.4 Å². The minimum Gasteiger partial charge on any atom is -0.456 e. The topological polar surface area (TPSA) is 67.3 Å². The first kappa shape index (κ1) is 24.8. The van der Waals surface area contributed by atoms with E-state index < -0.39 is 18.2 Å². The summed E-state index contributed by atoms with van der Waals surface area (Å²) >= 11 is 1.09. The Hall–Kier alpha value is -2.88. The third-order valence-corrected chi connectivity index (χ3v) is 7.76. The molecule has 2 aromatic heterocycles. The van der Waals surface area contributed by atoms with Crippen LogP contribution in [0, 0.1) is 5.41 Å². The maximum Gasteiger partial charge on any atom is 0.393 e. The molecule has 1 saturated heterocycles. The fourth-order valence-electron chi connectivity index (χ4n) is 5.24. The Kier molecular flexibility index (Phi) is 6.13. The highest BCUT2D eigenvalue weighted by atomic mass is 32.1. The first-order valence-corrected chi connectivity index (χ1v) is 12.8. The zero-order valence-corrected chi connectivity index (χ0v) is 21.3. The van der Waals surface area contributed by atoms with E-state index in [-0.39, 0.29) is 16.3 Å². The largest absolute Gasteiger partial charge is 0.456 e. The van der Waals surface area contributed by atoms with Gasteiger partial charge in [-0.25, -0.2) is 14.8 Å². The van der Waals surface area contributed by atoms with Crippen LogP contribution in [0.2, 0.25) is 0 Å². The lowest BCUT2D eigenvalue weighted by Crippen LogP contribution is -2.46. The number of anilines is 2. The van der Waals surface area contributed by atoms with Crippen LogP contribution in [0.3, 0.4) is 0 Å². The Morgan fingerprint density at radius 2 is 1.92 bits per heavy atom. The number of hydrogen-bond donors (Lipinski definition) is 1. The second-order valence-corrected chi connectivity index (χ2v) is 12.0. The molecule has 0 unspecified atom stereocenters. The first-order valence-electron chi connectivity index (χ1n) is 12.0. The van der Waals surface area contributed by atoms with Crippen LogP contribution in [0.15, 0.2) is 36.7 Å². The fourth-order valence-corrected chi connectivity index (χ4v) is 6.26. The molecule has 1 aliphatic carbocycles. The minimum atomic E-state index is -4.24. The molecular formula is C26H29F3N4O2S. The van der Waals surface area contributed by atoms with Crippen molar-refractivity contribution in [2.45, 2.75) is 64.3 Å². The molecule has 0 radical (unpaired) electrons. The third kappa shape index (κ3) is 5.43. The Labute approximate surface area is 211 Å². The first-order chi connectivity index (χ1) is 16.9. The van der Waals surface area contributed by atoms with Crippen molar-refractivity contribution in [3.8, 4) is 0 Å². The molecule has 1 N–H and O–H groups in total. The maximum absolute atomic E-state index is 12.9. The highest BCUT2D eigenvalue weighted by molar-refractivity contribution is 7.18. The summed E-state index contributed by atoms with van der Waals surface area (Å²) in [6.07, 6.45) is -0.695. The maximum atomic E-state index is 12.9. The molecule has 36 heavy (non-hydrogen) atoms. The van der Waals surface area contributed by atoms with E-state index in [9.17, 15) is 18.0 Å². The molecule has 1 aliphatic heterocycles. The molecule has 2 aliphatic rings. The normalized spacial score (nSPS) is 22.2. The van der Waals surface area contributed by atoms with Gasteiger partial charge in [0, 0.05) is 29.7 Å². The van der Waals surface area contributed by atoms with Gasteiger partial charge in [-0.1, -0.05) is 0 Å². The molecule has 2 fully saturated rings. The van der Waals surface area contributed by atoms with Crippen molar-refractivity contribution < 1.29 is 22.7 Å². The number of ether oxygens (including phenoxy) is 1. The van der Waals surface area contributed by atoms with Crippen molar-refractivity contribution in [2.75, 3.05) is 23.3 Å². The van der Waals surface area contributed by atoms with Crippen LogP contribution >= 0.6 is 11.3 Å². The summed E-state index contributed by atoms with van der Waals surface area (Å²) in [6.45, 7) is 7.19. The number of nitrogens with one attached hydrogen (secondary N) is 1. The van der Waals surface area contributed by atoms with Crippen LogP contribution in [0.25, 0.3) is 10.2 Å². The van der Waals surface area contributed by atoms with Gasteiger partial charge < -0.3 is 15.0 Å². The lowest BCUT2D eigenvalue weighted by molar-refractivity contribution is -0.126. The molecule has 3 aromatic rings. The standard InChI is InChI=1S/C26H29F3N4O2S/c1-24(2,3)35-23(34)16-4-6-17(7-5-16)32-18-11-25(12-18)8-9-33(14-25)21-20-10-19(13-26(27,28)29)36-22(20)31-15-30-21/h4-7,10,15,18,32H,8-9,11-14H2,1-3H3. The van der Waals surface area contributed by atoms with Crippen LogP contribution in [0.4, 0.5) is 24.7 Å². The summed E-state index contributed by atoms with van der Waals surface area (Å²) in [6, 6.07) is 9.28. The number of aromatic nitrogens is 2.